The average molecular weight is 382 g/mol. The standard InChI is InChI=1S/C15H19N3O2S2.C3H8/c1-10-7-16-12(20-10)9-21-13-8-17-15(22-13)18-14(19)11-5-3-2-4-6-11;1-3-2/h7-8,11H,2-6,9H2,1H3,(H,17,18,19);3H2,1-2H3. The summed E-state index contributed by atoms with van der Waals surface area (Å²) in [6.07, 6.45) is 10.3. The number of aromatic nitrogens is 2. The topological polar surface area (TPSA) is 68.0 Å². The van der Waals surface area contributed by atoms with Crippen molar-refractivity contribution in [2.75, 3.05) is 5.32 Å². The first-order valence-electron chi connectivity index (χ1n) is 8.93. The van der Waals surface area contributed by atoms with Crippen LogP contribution < -0.4 is 5.32 Å². The fraction of sp³-hybridized carbons (Fsp3) is 0.611. The van der Waals surface area contributed by atoms with Gasteiger partial charge in [0.25, 0.3) is 0 Å². The van der Waals surface area contributed by atoms with E-state index in [9.17, 15) is 4.79 Å². The van der Waals surface area contributed by atoms with E-state index in [-0.39, 0.29) is 11.8 Å². The molecule has 0 radical (unpaired) electrons. The van der Waals surface area contributed by atoms with Crippen LogP contribution in [0.15, 0.2) is 21.0 Å². The van der Waals surface area contributed by atoms with E-state index in [1.165, 1.54) is 24.2 Å². The number of hydrogen-bond acceptors (Lipinski definition) is 6. The summed E-state index contributed by atoms with van der Waals surface area (Å²) >= 11 is 3.12. The second-order valence-electron chi connectivity index (χ2n) is 6.17. The number of oxazole rings is 1. The third-order valence-corrected chi connectivity index (χ3v) is 5.79. The predicted molar refractivity (Wildman–Crippen MR) is 104 cm³/mol. The Kier molecular flexibility index (Phi) is 8.48. The molecule has 1 N–H and O–H groups in total. The van der Waals surface area contributed by atoms with Gasteiger partial charge >= 0.3 is 0 Å². The highest BCUT2D eigenvalue weighted by Crippen LogP contribution is 2.31. The first-order valence-corrected chi connectivity index (χ1v) is 10.7. The molecule has 7 heteroatoms. The average Bonchev–Trinajstić information content (AvgIpc) is 3.23. The molecule has 2 aromatic rings. The highest BCUT2D eigenvalue weighted by molar-refractivity contribution is 8.00. The van der Waals surface area contributed by atoms with Crippen molar-refractivity contribution in [1.82, 2.24) is 9.97 Å². The van der Waals surface area contributed by atoms with Gasteiger partial charge in [-0.15, -0.1) is 11.8 Å². The third kappa shape index (κ3) is 6.82. The summed E-state index contributed by atoms with van der Waals surface area (Å²) < 4.78 is 6.49. The number of aryl methyl sites for hydroxylation is 1. The van der Waals surface area contributed by atoms with Crippen LogP contribution in [-0.4, -0.2) is 15.9 Å². The van der Waals surface area contributed by atoms with E-state index in [0.717, 1.165) is 35.7 Å². The summed E-state index contributed by atoms with van der Waals surface area (Å²) in [5.41, 5.74) is 0. The number of amides is 1. The van der Waals surface area contributed by atoms with Gasteiger partial charge in [0.05, 0.1) is 22.4 Å². The van der Waals surface area contributed by atoms with Crippen molar-refractivity contribution in [3.05, 3.63) is 24.0 Å². The minimum absolute atomic E-state index is 0.119. The maximum atomic E-state index is 12.2. The van der Waals surface area contributed by atoms with E-state index in [0.29, 0.717) is 16.8 Å². The van der Waals surface area contributed by atoms with Gasteiger partial charge in [0.15, 0.2) is 5.13 Å². The zero-order valence-corrected chi connectivity index (χ0v) is 16.8. The van der Waals surface area contributed by atoms with Gasteiger partial charge in [-0.2, -0.15) is 0 Å². The number of nitrogens with zero attached hydrogens (tertiary/aromatic N) is 2. The molecule has 25 heavy (non-hydrogen) atoms. The lowest BCUT2D eigenvalue weighted by Gasteiger charge is -2.19. The van der Waals surface area contributed by atoms with Gasteiger partial charge in [0, 0.05) is 5.92 Å². The minimum atomic E-state index is 0.119. The normalized spacial score (nSPS) is 14.7. The number of carbonyl (C=O) groups excluding carboxylic acids is 1. The first-order chi connectivity index (χ1) is 12.1. The van der Waals surface area contributed by atoms with Crippen LogP contribution in [0.1, 0.15) is 64.0 Å². The molecule has 0 aromatic carbocycles. The Hall–Kier alpha value is -1.34. The van der Waals surface area contributed by atoms with E-state index >= 15 is 0 Å². The molecule has 1 saturated carbocycles. The molecule has 0 atom stereocenters. The maximum Gasteiger partial charge on any atom is 0.229 e. The van der Waals surface area contributed by atoms with Crippen molar-refractivity contribution in [2.45, 2.75) is 69.3 Å². The SMILES string of the molecule is CCC.Cc1cnc(CSc2cnc(NC(=O)C3CCCCC3)s2)o1. The molecule has 5 nitrogen and oxygen atoms in total. The second kappa shape index (κ2) is 10.6. The molecule has 138 valence electrons. The Morgan fingerprint density at radius 2 is 2.00 bits per heavy atom. The molecule has 0 unspecified atom stereocenters. The van der Waals surface area contributed by atoms with E-state index in [1.54, 1.807) is 24.2 Å². The molecule has 2 heterocycles. The van der Waals surface area contributed by atoms with Gasteiger partial charge < -0.3 is 9.73 Å². The smallest absolute Gasteiger partial charge is 0.229 e. The van der Waals surface area contributed by atoms with Crippen molar-refractivity contribution in [1.29, 1.82) is 0 Å². The Bertz CT molecular complexity index is 648. The highest BCUT2D eigenvalue weighted by atomic mass is 32.2. The van der Waals surface area contributed by atoms with Crippen molar-refractivity contribution < 1.29 is 9.21 Å². The zero-order chi connectivity index (χ0) is 18.1. The summed E-state index contributed by atoms with van der Waals surface area (Å²) in [4.78, 5) is 20.6. The number of carbonyl (C=O) groups is 1. The van der Waals surface area contributed by atoms with E-state index in [2.05, 4.69) is 29.1 Å². The van der Waals surface area contributed by atoms with Crippen LogP contribution in [0.4, 0.5) is 5.13 Å². The van der Waals surface area contributed by atoms with Crippen LogP contribution in [-0.2, 0) is 10.5 Å². The molecule has 0 bridgehead atoms. The monoisotopic (exact) mass is 381 g/mol. The van der Waals surface area contributed by atoms with Crippen molar-refractivity contribution in [3.8, 4) is 0 Å². The number of thiazole rings is 1. The van der Waals surface area contributed by atoms with Gasteiger partial charge in [0.2, 0.25) is 11.8 Å². The number of rotatable bonds is 5. The number of thioether (sulfide) groups is 1. The fourth-order valence-corrected chi connectivity index (χ4v) is 4.29. The molecule has 0 spiro atoms. The third-order valence-electron chi connectivity index (χ3n) is 3.70. The van der Waals surface area contributed by atoms with Gasteiger partial charge in [-0.25, -0.2) is 9.97 Å². The summed E-state index contributed by atoms with van der Waals surface area (Å²) in [6, 6.07) is 0. The maximum absolute atomic E-state index is 12.2. The Morgan fingerprint density at radius 3 is 2.64 bits per heavy atom. The quantitative estimate of drug-likeness (QED) is 0.676. The van der Waals surface area contributed by atoms with Crippen molar-refractivity contribution in [3.63, 3.8) is 0 Å². The Balaban J connectivity index is 0.000000701. The first kappa shape index (κ1) is 20.0. The second-order valence-corrected chi connectivity index (χ2v) is 8.48. The number of hydrogen-bond donors (Lipinski definition) is 1. The lowest BCUT2D eigenvalue weighted by Crippen LogP contribution is -2.24. The van der Waals surface area contributed by atoms with Gasteiger partial charge in [-0.05, 0) is 19.8 Å². The number of nitrogens with one attached hydrogen (secondary N) is 1. The lowest BCUT2D eigenvalue weighted by molar-refractivity contribution is -0.120. The van der Waals surface area contributed by atoms with Crippen LogP contribution in [0.2, 0.25) is 0 Å². The van der Waals surface area contributed by atoms with Gasteiger partial charge in [0.1, 0.15) is 5.76 Å². The molecular formula is C18H27N3O2S2. The summed E-state index contributed by atoms with van der Waals surface area (Å²) in [5.74, 6) is 2.48. The molecule has 0 aliphatic heterocycles. The lowest BCUT2D eigenvalue weighted by atomic mass is 9.89. The molecule has 0 saturated heterocycles. The molecule has 1 aliphatic rings. The molecule has 2 aromatic heterocycles. The fourth-order valence-electron chi connectivity index (χ4n) is 2.56. The molecule has 1 fully saturated rings. The van der Waals surface area contributed by atoms with Crippen molar-refractivity contribution in [2.24, 2.45) is 5.92 Å². The van der Waals surface area contributed by atoms with Crippen LogP contribution >= 0.6 is 23.1 Å². The van der Waals surface area contributed by atoms with Crippen molar-refractivity contribution >= 4 is 34.1 Å². The Morgan fingerprint density at radius 1 is 1.28 bits per heavy atom. The van der Waals surface area contributed by atoms with E-state index in [1.807, 2.05) is 6.92 Å². The van der Waals surface area contributed by atoms with Crippen LogP contribution in [0.25, 0.3) is 0 Å². The molecule has 1 amide bonds. The van der Waals surface area contributed by atoms with Crippen LogP contribution in [0.5, 0.6) is 0 Å². The highest BCUT2D eigenvalue weighted by Gasteiger charge is 2.21. The van der Waals surface area contributed by atoms with E-state index < -0.39 is 0 Å². The summed E-state index contributed by atoms with van der Waals surface area (Å²) in [6.45, 7) is 6.13. The minimum Gasteiger partial charge on any atom is -0.445 e. The van der Waals surface area contributed by atoms with Gasteiger partial charge in [-0.1, -0.05) is 50.9 Å². The number of anilines is 1. The molecule has 1 aliphatic carbocycles. The van der Waals surface area contributed by atoms with Gasteiger partial charge in [-0.3, -0.25) is 4.79 Å². The van der Waals surface area contributed by atoms with Crippen LogP contribution in [0.3, 0.4) is 0 Å². The molecule has 3 rings (SSSR count). The predicted octanol–water partition coefficient (Wildman–Crippen LogP) is 5.67. The largest absolute Gasteiger partial charge is 0.445 e. The zero-order valence-electron chi connectivity index (χ0n) is 15.2. The Labute approximate surface area is 158 Å². The van der Waals surface area contributed by atoms with Crippen LogP contribution in [0, 0.1) is 12.8 Å². The molecular weight excluding hydrogens is 354 g/mol. The van der Waals surface area contributed by atoms with E-state index in [4.69, 9.17) is 4.42 Å². The summed E-state index contributed by atoms with van der Waals surface area (Å²) in [5, 5.41) is 3.63. The summed E-state index contributed by atoms with van der Waals surface area (Å²) in [7, 11) is 0.